The van der Waals surface area contributed by atoms with E-state index in [1.54, 1.807) is 7.11 Å². The summed E-state index contributed by atoms with van der Waals surface area (Å²) in [7, 11) is 2.93. The van der Waals surface area contributed by atoms with Gasteiger partial charge in [0.2, 0.25) is 0 Å². The molecule has 1 heterocycles. The lowest BCUT2D eigenvalue weighted by atomic mass is 9.95. The normalized spacial score (nSPS) is 22.2. The zero-order valence-corrected chi connectivity index (χ0v) is 12.6. The Bertz CT molecular complexity index is 536. The van der Waals surface area contributed by atoms with Gasteiger partial charge in [-0.2, -0.15) is 0 Å². The van der Waals surface area contributed by atoms with Crippen LogP contribution in [-0.2, 0) is 9.47 Å². The summed E-state index contributed by atoms with van der Waals surface area (Å²) in [5.41, 5.74) is 6.31. The summed E-state index contributed by atoms with van der Waals surface area (Å²) in [6, 6.07) is 2.63. The summed E-state index contributed by atoms with van der Waals surface area (Å²) in [4.78, 5) is 13.6. The van der Waals surface area contributed by atoms with Crippen molar-refractivity contribution in [3.8, 4) is 0 Å². The van der Waals surface area contributed by atoms with Crippen molar-refractivity contribution in [2.45, 2.75) is 19.4 Å². The van der Waals surface area contributed by atoms with Crippen molar-refractivity contribution in [3.63, 3.8) is 0 Å². The average molecular weight is 296 g/mol. The molecule has 2 atom stereocenters. The highest BCUT2D eigenvalue weighted by Crippen LogP contribution is 2.30. The Labute approximate surface area is 123 Å². The molecule has 1 fully saturated rings. The first-order valence-corrected chi connectivity index (χ1v) is 6.93. The smallest absolute Gasteiger partial charge is 0.340 e. The van der Waals surface area contributed by atoms with Crippen LogP contribution in [0.15, 0.2) is 12.1 Å². The summed E-state index contributed by atoms with van der Waals surface area (Å²) >= 11 is 0. The van der Waals surface area contributed by atoms with E-state index in [1.807, 2.05) is 4.90 Å². The molecule has 1 saturated heterocycles. The fourth-order valence-electron chi connectivity index (χ4n) is 2.67. The van der Waals surface area contributed by atoms with Gasteiger partial charge in [-0.15, -0.1) is 0 Å². The fourth-order valence-corrected chi connectivity index (χ4v) is 2.67. The number of hydrogen-bond donors (Lipinski definition) is 1. The van der Waals surface area contributed by atoms with E-state index in [9.17, 15) is 9.18 Å². The minimum Gasteiger partial charge on any atom is -0.465 e. The minimum atomic E-state index is -0.567. The lowest BCUT2D eigenvalue weighted by Gasteiger charge is -2.37. The summed E-state index contributed by atoms with van der Waals surface area (Å²) in [6.45, 7) is 3.41. The van der Waals surface area contributed by atoms with E-state index >= 15 is 0 Å². The van der Waals surface area contributed by atoms with Gasteiger partial charge in [0, 0.05) is 25.9 Å². The molecular weight excluding hydrogens is 275 g/mol. The van der Waals surface area contributed by atoms with E-state index in [1.165, 1.54) is 19.2 Å². The van der Waals surface area contributed by atoms with E-state index in [0.29, 0.717) is 24.7 Å². The van der Waals surface area contributed by atoms with Crippen LogP contribution in [0, 0.1) is 11.7 Å². The fraction of sp³-hybridized carbons (Fsp3) is 0.533. The molecule has 0 bridgehead atoms. The number of carbonyl (C=O) groups excluding carboxylic acids is 1. The van der Waals surface area contributed by atoms with Gasteiger partial charge in [0.1, 0.15) is 5.82 Å². The average Bonchev–Trinajstić information content (AvgIpc) is 2.47. The van der Waals surface area contributed by atoms with E-state index in [-0.39, 0.29) is 17.4 Å². The topological polar surface area (TPSA) is 64.8 Å². The molecule has 6 heteroatoms. The van der Waals surface area contributed by atoms with Crippen molar-refractivity contribution in [1.29, 1.82) is 0 Å². The molecule has 2 N–H and O–H groups in total. The van der Waals surface area contributed by atoms with E-state index in [4.69, 9.17) is 10.5 Å². The molecule has 0 aliphatic carbocycles. The van der Waals surface area contributed by atoms with Crippen LogP contribution in [0.25, 0.3) is 0 Å². The summed E-state index contributed by atoms with van der Waals surface area (Å²) < 4.78 is 24.3. The number of nitrogen functional groups attached to an aromatic ring is 1. The third kappa shape index (κ3) is 3.10. The van der Waals surface area contributed by atoms with Crippen LogP contribution in [0.1, 0.15) is 23.7 Å². The zero-order chi connectivity index (χ0) is 15.6. The lowest BCUT2D eigenvalue weighted by Crippen LogP contribution is -2.44. The number of piperidine rings is 1. The lowest BCUT2D eigenvalue weighted by molar-refractivity contribution is 0.0497. The molecule has 0 spiro atoms. The molecule has 2 rings (SSSR count). The van der Waals surface area contributed by atoms with E-state index < -0.39 is 11.8 Å². The van der Waals surface area contributed by atoms with E-state index in [0.717, 1.165) is 6.42 Å². The highest BCUT2D eigenvalue weighted by Gasteiger charge is 2.28. The van der Waals surface area contributed by atoms with Crippen LogP contribution >= 0.6 is 0 Å². The van der Waals surface area contributed by atoms with Gasteiger partial charge in [-0.1, -0.05) is 6.92 Å². The Morgan fingerprint density at radius 3 is 2.76 bits per heavy atom. The predicted molar refractivity (Wildman–Crippen MR) is 78.9 cm³/mol. The number of rotatable bonds is 3. The maximum absolute atomic E-state index is 14.2. The van der Waals surface area contributed by atoms with Gasteiger partial charge >= 0.3 is 5.97 Å². The highest BCUT2D eigenvalue weighted by atomic mass is 19.1. The van der Waals surface area contributed by atoms with Crippen molar-refractivity contribution < 1.29 is 18.7 Å². The summed E-state index contributed by atoms with van der Waals surface area (Å²) in [6.07, 6.45) is 0.938. The number of methoxy groups -OCH3 is 2. The van der Waals surface area contributed by atoms with Gasteiger partial charge in [0.05, 0.1) is 24.5 Å². The van der Waals surface area contributed by atoms with E-state index in [2.05, 4.69) is 11.7 Å². The van der Waals surface area contributed by atoms with Crippen LogP contribution in [0.3, 0.4) is 0 Å². The highest BCUT2D eigenvalue weighted by molar-refractivity contribution is 5.96. The Morgan fingerprint density at radius 1 is 1.43 bits per heavy atom. The molecule has 1 aromatic carbocycles. The predicted octanol–water partition coefficient (Wildman–Crippen LogP) is 2.06. The molecule has 5 nitrogen and oxygen atoms in total. The molecule has 0 saturated carbocycles. The van der Waals surface area contributed by atoms with Crippen molar-refractivity contribution in [2.75, 3.05) is 37.9 Å². The molecule has 2 unspecified atom stereocenters. The molecule has 116 valence electrons. The molecule has 1 aliphatic rings. The molecule has 1 aliphatic heterocycles. The molecule has 1 aromatic rings. The van der Waals surface area contributed by atoms with Gasteiger partial charge in [-0.05, 0) is 24.5 Å². The molecular formula is C15H21FN2O3. The summed E-state index contributed by atoms with van der Waals surface area (Å²) in [5, 5.41) is 0. The van der Waals surface area contributed by atoms with Crippen molar-refractivity contribution >= 4 is 17.3 Å². The summed E-state index contributed by atoms with van der Waals surface area (Å²) in [5.74, 6) is -0.588. The SMILES string of the molecule is COC(=O)c1cc(N2CCC(C)C(OC)C2)c(F)cc1N. The molecule has 0 aromatic heterocycles. The third-order valence-electron chi connectivity index (χ3n) is 4.06. The molecule has 21 heavy (non-hydrogen) atoms. The number of carbonyl (C=O) groups is 1. The Morgan fingerprint density at radius 2 is 2.14 bits per heavy atom. The van der Waals surface area contributed by atoms with Crippen LogP contribution in [0.5, 0.6) is 0 Å². The van der Waals surface area contributed by atoms with Gasteiger partial charge in [-0.3, -0.25) is 0 Å². The van der Waals surface area contributed by atoms with Gasteiger partial charge in [0.25, 0.3) is 0 Å². The van der Waals surface area contributed by atoms with Crippen LogP contribution in [0.2, 0.25) is 0 Å². The number of esters is 1. The number of nitrogens with zero attached hydrogens (tertiary/aromatic N) is 1. The number of ether oxygens (including phenoxy) is 2. The maximum Gasteiger partial charge on any atom is 0.340 e. The van der Waals surface area contributed by atoms with Crippen molar-refractivity contribution in [2.24, 2.45) is 5.92 Å². The largest absolute Gasteiger partial charge is 0.465 e. The second-order valence-electron chi connectivity index (χ2n) is 5.37. The Kier molecular flexibility index (Phi) is 4.67. The maximum atomic E-state index is 14.2. The number of anilines is 2. The first-order chi connectivity index (χ1) is 9.97. The second kappa shape index (κ2) is 6.30. The Balaban J connectivity index is 2.33. The standard InChI is InChI=1S/C15H21FN2O3/c1-9-4-5-18(8-14(9)20-2)13-6-10(15(19)21-3)12(17)7-11(13)16/h6-7,9,14H,4-5,8,17H2,1-3H3. The first kappa shape index (κ1) is 15.6. The first-order valence-electron chi connectivity index (χ1n) is 6.93. The monoisotopic (exact) mass is 296 g/mol. The molecule has 0 radical (unpaired) electrons. The van der Waals surface area contributed by atoms with Gasteiger partial charge in [0.15, 0.2) is 0 Å². The van der Waals surface area contributed by atoms with Crippen LogP contribution in [0.4, 0.5) is 15.8 Å². The van der Waals surface area contributed by atoms with Crippen LogP contribution in [-0.4, -0.2) is 39.4 Å². The second-order valence-corrected chi connectivity index (χ2v) is 5.37. The number of hydrogen-bond acceptors (Lipinski definition) is 5. The van der Waals surface area contributed by atoms with Crippen molar-refractivity contribution in [1.82, 2.24) is 0 Å². The Hall–Kier alpha value is -1.82. The minimum absolute atomic E-state index is 0.0391. The van der Waals surface area contributed by atoms with Crippen LogP contribution < -0.4 is 10.6 Å². The van der Waals surface area contributed by atoms with Gasteiger partial charge in [-0.25, -0.2) is 9.18 Å². The van der Waals surface area contributed by atoms with Gasteiger partial charge < -0.3 is 20.1 Å². The van der Waals surface area contributed by atoms with Crippen molar-refractivity contribution in [3.05, 3.63) is 23.5 Å². The molecule has 0 amide bonds. The third-order valence-corrected chi connectivity index (χ3v) is 4.06. The number of halogens is 1. The zero-order valence-electron chi connectivity index (χ0n) is 12.6. The number of nitrogens with two attached hydrogens (primary N) is 1. The quantitative estimate of drug-likeness (QED) is 0.683. The number of benzene rings is 1.